The average molecular weight is 304 g/mol. The van der Waals surface area contributed by atoms with E-state index in [1.807, 2.05) is 30.3 Å². The van der Waals surface area contributed by atoms with Crippen molar-refractivity contribution in [3.63, 3.8) is 0 Å². The van der Waals surface area contributed by atoms with Crippen molar-refractivity contribution in [2.24, 2.45) is 0 Å². The second kappa shape index (κ2) is 6.56. The number of hydrogen-bond acceptors (Lipinski definition) is 5. The number of benzene rings is 1. The van der Waals surface area contributed by atoms with Crippen molar-refractivity contribution in [3.05, 3.63) is 35.2 Å². The van der Waals surface area contributed by atoms with Gasteiger partial charge in [-0.3, -0.25) is 0 Å². The third-order valence-corrected chi connectivity index (χ3v) is 4.70. The number of anilines is 1. The Morgan fingerprint density at radius 1 is 1.38 bits per heavy atom. The monoisotopic (exact) mass is 304 g/mol. The van der Waals surface area contributed by atoms with Gasteiger partial charge < -0.3 is 14.7 Å². The molecule has 0 spiro atoms. The van der Waals surface area contributed by atoms with E-state index in [1.54, 1.807) is 11.3 Å². The molecule has 0 bridgehead atoms. The molecule has 1 aliphatic rings. The third-order valence-electron chi connectivity index (χ3n) is 3.60. The van der Waals surface area contributed by atoms with Gasteiger partial charge in [0.25, 0.3) is 0 Å². The molecule has 1 aromatic carbocycles. The predicted octanol–water partition coefficient (Wildman–Crippen LogP) is 2.92. The van der Waals surface area contributed by atoms with Crippen molar-refractivity contribution in [2.75, 3.05) is 24.6 Å². The summed E-state index contributed by atoms with van der Waals surface area (Å²) in [5.41, 5.74) is 1.96. The lowest BCUT2D eigenvalue weighted by atomic mass is 10.1. The van der Waals surface area contributed by atoms with Gasteiger partial charge in [0.1, 0.15) is 0 Å². The van der Waals surface area contributed by atoms with Crippen LogP contribution in [0.4, 0.5) is 5.13 Å². The lowest BCUT2D eigenvalue weighted by molar-refractivity contribution is 0.0821. The molecule has 0 aliphatic carbocycles. The Morgan fingerprint density at radius 3 is 2.95 bits per heavy atom. The normalized spacial score (nSPS) is 19.5. The number of aromatic nitrogens is 1. The summed E-state index contributed by atoms with van der Waals surface area (Å²) in [5, 5.41) is 10.6. The van der Waals surface area contributed by atoms with Gasteiger partial charge in [-0.25, -0.2) is 4.98 Å². The molecule has 3 rings (SSSR count). The van der Waals surface area contributed by atoms with Crippen LogP contribution in [0.15, 0.2) is 30.3 Å². The van der Waals surface area contributed by atoms with E-state index in [-0.39, 0.29) is 12.7 Å². The largest absolute Gasteiger partial charge is 0.391 e. The highest BCUT2D eigenvalue weighted by Gasteiger charge is 2.20. The first-order valence-electron chi connectivity index (χ1n) is 7.30. The van der Waals surface area contributed by atoms with E-state index in [0.717, 1.165) is 47.4 Å². The van der Waals surface area contributed by atoms with E-state index < -0.39 is 0 Å². The maximum atomic E-state index is 9.63. The molecule has 1 aliphatic heterocycles. The number of nitrogens with zero attached hydrogens (tertiary/aromatic N) is 2. The Kier molecular flexibility index (Phi) is 4.53. The molecule has 5 heteroatoms. The van der Waals surface area contributed by atoms with Crippen molar-refractivity contribution >= 4 is 16.5 Å². The Bertz CT molecular complexity index is 585. The minimum Gasteiger partial charge on any atom is -0.391 e. The molecule has 21 heavy (non-hydrogen) atoms. The van der Waals surface area contributed by atoms with Crippen LogP contribution in [0.3, 0.4) is 0 Å². The van der Waals surface area contributed by atoms with Crippen LogP contribution in [0.1, 0.15) is 18.2 Å². The molecule has 2 heterocycles. The van der Waals surface area contributed by atoms with E-state index in [1.165, 1.54) is 0 Å². The molecule has 1 unspecified atom stereocenters. The molecule has 0 amide bonds. The molecule has 0 saturated carbocycles. The Hall–Kier alpha value is -1.43. The summed E-state index contributed by atoms with van der Waals surface area (Å²) in [4.78, 5) is 7.98. The number of ether oxygens (including phenoxy) is 1. The van der Waals surface area contributed by atoms with E-state index in [9.17, 15) is 5.11 Å². The molecular formula is C16H20N2O2S. The van der Waals surface area contributed by atoms with E-state index in [2.05, 4.69) is 11.8 Å². The number of hydrogen-bond donors (Lipinski definition) is 1. The highest BCUT2D eigenvalue weighted by molar-refractivity contribution is 7.16. The zero-order valence-electron chi connectivity index (χ0n) is 12.2. The highest BCUT2D eigenvalue weighted by Crippen LogP contribution is 2.33. The second-order valence-electron chi connectivity index (χ2n) is 5.27. The quantitative estimate of drug-likeness (QED) is 0.947. The van der Waals surface area contributed by atoms with Gasteiger partial charge in [0.2, 0.25) is 0 Å². The van der Waals surface area contributed by atoms with E-state index >= 15 is 0 Å². The van der Waals surface area contributed by atoms with Gasteiger partial charge in [0.15, 0.2) is 5.13 Å². The van der Waals surface area contributed by atoms with Crippen molar-refractivity contribution in [2.45, 2.75) is 26.1 Å². The summed E-state index contributed by atoms with van der Waals surface area (Å²) in [6, 6.07) is 10.1. The number of aliphatic hydroxyl groups excluding tert-OH is 1. The van der Waals surface area contributed by atoms with Gasteiger partial charge in [-0.15, -0.1) is 0 Å². The zero-order chi connectivity index (χ0) is 14.7. The Balaban J connectivity index is 1.92. The van der Waals surface area contributed by atoms with Gasteiger partial charge in [0, 0.05) is 25.3 Å². The average Bonchev–Trinajstić information content (AvgIpc) is 2.84. The molecule has 1 saturated heterocycles. The summed E-state index contributed by atoms with van der Waals surface area (Å²) in [7, 11) is 0. The first-order chi connectivity index (χ1) is 10.3. The fourth-order valence-electron chi connectivity index (χ4n) is 2.57. The van der Waals surface area contributed by atoms with Crippen molar-refractivity contribution in [1.29, 1.82) is 0 Å². The van der Waals surface area contributed by atoms with Gasteiger partial charge in [-0.1, -0.05) is 41.7 Å². The second-order valence-corrected chi connectivity index (χ2v) is 6.34. The summed E-state index contributed by atoms with van der Waals surface area (Å²) in [6.07, 6.45) is 1.23. The van der Waals surface area contributed by atoms with Crippen LogP contribution < -0.4 is 4.90 Å². The van der Waals surface area contributed by atoms with Gasteiger partial charge in [-0.2, -0.15) is 0 Å². The van der Waals surface area contributed by atoms with E-state index in [4.69, 9.17) is 9.72 Å². The molecule has 1 N–H and O–H groups in total. The molecule has 1 aromatic heterocycles. The summed E-state index contributed by atoms with van der Waals surface area (Å²) >= 11 is 1.58. The molecule has 2 aromatic rings. The van der Waals surface area contributed by atoms with Crippen molar-refractivity contribution in [1.82, 2.24) is 4.98 Å². The minimum atomic E-state index is 0.0296. The van der Waals surface area contributed by atoms with Crippen LogP contribution in [0.5, 0.6) is 0 Å². The number of aliphatic hydroxyl groups is 1. The van der Waals surface area contributed by atoms with Crippen LogP contribution in [-0.2, 0) is 11.3 Å². The summed E-state index contributed by atoms with van der Waals surface area (Å²) in [5.74, 6) is 0. The van der Waals surface area contributed by atoms with Crippen LogP contribution in [-0.4, -0.2) is 35.9 Å². The summed E-state index contributed by atoms with van der Waals surface area (Å²) in [6.45, 7) is 4.74. The molecular weight excluding hydrogens is 284 g/mol. The minimum absolute atomic E-state index is 0.0296. The fourth-order valence-corrected chi connectivity index (χ4v) is 3.55. The zero-order valence-corrected chi connectivity index (χ0v) is 13.0. The lowest BCUT2D eigenvalue weighted by Gasteiger charge is -2.20. The van der Waals surface area contributed by atoms with Crippen LogP contribution >= 0.6 is 11.3 Å². The molecule has 0 radical (unpaired) electrons. The molecule has 1 atom stereocenters. The maximum Gasteiger partial charge on any atom is 0.186 e. The Morgan fingerprint density at radius 2 is 2.19 bits per heavy atom. The van der Waals surface area contributed by atoms with E-state index in [0.29, 0.717) is 0 Å². The van der Waals surface area contributed by atoms with Gasteiger partial charge in [0.05, 0.1) is 23.3 Å². The predicted molar refractivity (Wildman–Crippen MR) is 85.7 cm³/mol. The topological polar surface area (TPSA) is 45.6 Å². The first-order valence-corrected chi connectivity index (χ1v) is 8.12. The van der Waals surface area contributed by atoms with Crippen molar-refractivity contribution in [3.8, 4) is 11.3 Å². The SMILES string of the molecule is CC1CN(c2nc(-c3ccccc3)c(CO)s2)CCCO1. The van der Waals surface area contributed by atoms with Gasteiger partial charge in [-0.05, 0) is 13.3 Å². The smallest absolute Gasteiger partial charge is 0.186 e. The van der Waals surface area contributed by atoms with Crippen LogP contribution in [0, 0.1) is 0 Å². The fraction of sp³-hybridized carbons (Fsp3) is 0.438. The first kappa shape index (κ1) is 14.5. The molecule has 112 valence electrons. The Labute approximate surface area is 129 Å². The number of rotatable bonds is 3. The number of thiazole rings is 1. The maximum absolute atomic E-state index is 9.63. The van der Waals surface area contributed by atoms with Crippen LogP contribution in [0.25, 0.3) is 11.3 Å². The van der Waals surface area contributed by atoms with Crippen molar-refractivity contribution < 1.29 is 9.84 Å². The highest BCUT2D eigenvalue weighted by atomic mass is 32.1. The van der Waals surface area contributed by atoms with Gasteiger partial charge >= 0.3 is 0 Å². The third kappa shape index (κ3) is 3.26. The standard InChI is InChI=1S/C16H20N2O2S/c1-12-10-18(8-5-9-20-12)16-17-15(14(11-19)21-16)13-6-3-2-4-7-13/h2-4,6-7,12,19H,5,8-11H2,1H3. The molecule has 4 nitrogen and oxygen atoms in total. The summed E-state index contributed by atoms with van der Waals surface area (Å²) < 4.78 is 5.69. The molecule has 1 fully saturated rings. The van der Waals surface area contributed by atoms with Crippen LogP contribution in [0.2, 0.25) is 0 Å². The lowest BCUT2D eigenvalue weighted by Crippen LogP contribution is -2.29.